The highest BCUT2D eigenvalue weighted by Gasteiger charge is 2.21. The Balaban J connectivity index is 2.41. The molecule has 1 heterocycles. The molecule has 1 aliphatic heterocycles. The summed E-state index contributed by atoms with van der Waals surface area (Å²) in [6.07, 6.45) is 0.775. The van der Waals surface area contributed by atoms with Gasteiger partial charge in [-0.2, -0.15) is 0 Å². The number of anilines is 2. The standard InChI is InChI=1S/C10H9ClN2O2/c11-7-1-2-9-8(5-7)12-10(15)6-13(9)3-4-14/h1-2,4-5H,3,6H2,(H,12,15). The molecule has 1 amide bonds. The molecule has 0 saturated carbocycles. The predicted octanol–water partition coefficient (Wildman–Crippen LogP) is 1.30. The lowest BCUT2D eigenvalue weighted by Crippen LogP contribution is -2.39. The fraction of sp³-hybridized carbons (Fsp3) is 0.200. The van der Waals surface area contributed by atoms with Crippen LogP contribution in [-0.2, 0) is 9.59 Å². The number of rotatable bonds is 2. The molecule has 5 heteroatoms. The van der Waals surface area contributed by atoms with Crippen LogP contribution in [-0.4, -0.2) is 25.3 Å². The van der Waals surface area contributed by atoms with Gasteiger partial charge >= 0.3 is 0 Å². The molecule has 0 aromatic heterocycles. The third kappa shape index (κ3) is 1.94. The molecule has 0 radical (unpaired) electrons. The van der Waals surface area contributed by atoms with Crippen molar-refractivity contribution in [1.82, 2.24) is 0 Å². The van der Waals surface area contributed by atoms with Crippen LogP contribution >= 0.6 is 11.6 Å². The number of carbonyl (C=O) groups excluding carboxylic acids is 2. The lowest BCUT2D eigenvalue weighted by atomic mass is 10.2. The Morgan fingerprint density at radius 2 is 2.33 bits per heavy atom. The van der Waals surface area contributed by atoms with Crippen molar-refractivity contribution in [3.63, 3.8) is 0 Å². The number of nitrogens with zero attached hydrogens (tertiary/aromatic N) is 1. The Labute approximate surface area is 91.8 Å². The number of aldehydes is 1. The highest BCUT2D eigenvalue weighted by atomic mass is 35.5. The average molecular weight is 225 g/mol. The van der Waals surface area contributed by atoms with Gasteiger partial charge in [0.25, 0.3) is 0 Å². The van der Waals surface area contributed by atoms with Gasteiger partial charge in [-0.3, -0.25) is 4.79 Å². The van der Waals surface area contributed by atoms with Gasteiger partial charge in [0.2, 0.25) is 5.91 Å². The minimum Gasteiger partial charge on any atom is -0.353 e. The smallest absolute Gasteiger partial charge is 0.243 e. The van der Waals surface area contributed by atoms with Crippen molar-refractivity contribution in [2.24, 2.45) is 0 Å². The molecule has 0 bridgehead atoms. The Hall–Kier alpha value is -1.55. The molecule has 1 aromatic rings. The first-order valence-corrected chi connectivity index (χ1v) is 4.86. The number of hydrogen-bond acceptors (Lipinski definition) is 3. The van der Waals surface area contributed by atoms with Crippen LogP contribution in [0.1, 0.15) is 0 Å². The molecule has 0 aliphatic carbocycles. The zero-order valence-electron chi connectivity index (χ0n) is 7.87. The molecule has 1 N–H and O–H groups in total. The minimum atomic E-state index is -0.133. The molecular formula is C10H9ClN2O2. The van der Waals surface area contributed by atoms with Crippen molar-refractivity contribution >= 4 is 35.2 Å². The van der Waals surface area contributed by atoms with Crippen LogP contribution in [0.2, 0.25) is 5.02 Å². The number of hydrogen-bond donors (Lipinski definition) is 1. The first-order chi connectivity index (χ1) is 7.20. The summed E-state index contributed by atoms with van der Waals surface area (Å²) in [6, 6.07) is 5.20. The van der Waals surface area contributed by atoms with Crippen molar-refractivity contribution < 1.29 is 9.59 Å². The van der Waals surface area contributed by atoms with Gasteiger partial charge in [0.15, 0.2) is 0 Å². The summed E-state index contributed by atoms with van der Waals surface area (Å²) in [7, 11) is 0. The molecule has 0 unspecified atom stereocenters. The average Bonchev–Trinajstić information content (AvgIpc) is 2.17. The maximum absolute atomic E-state index is 11.3. The van der Waals surface area contributed by atoms with Crippen LogP contribution < -0.4 is 10.2 Å². The van der Waals surface area contributed by atoms with Gasteiger partial charge in [-0.25, -0.2) is 0 Å². The topological polar surface area (TPSA) is 49.4 Å². The van der Waals surface area contributed by atoms with Gasteiger partial charge in [0.05, 0.1) is 24.5 Å². The first-order valence-electron chi connectivity index (χ1n) is 4.48. The Bertz CT molecular complexity index is 420. The second-order valence-electron chi connectivity index (χ2n) is 3.26. The molecule has 15 heavy (non-hydrogen) atoms. The summed E-state index contributed by atoms with van der Waals surface area (Å²) in [5.74, 6) is -0.133. The normalized spacial score (nSPS) is 14.5. The molecular weight excluding hydrogens is 216 g/mol. The van der Waals surface area contributed by atoms with E-state index in [0.717, 1.165) is 12.0 Å². The van der Waals surface area contributed by atoms with Gasteiger partial charge in [0, 0.05) is 5.02 Å². The largest absolute Gasteiger partial charge is 0.353 e. The molecule has 2 rings (SSSR count). The van der Waals surface area contributed by atoms with Crippen LogP contribution in [0, 0.1) is 0 Å². The van der Waals surface area contributed by atoms with Crippen molar-refractivity contribution in [2.75, 3.05) is 23.3 Å². The quantitative estimate of drug-likeness (QED) is 0.771. The number of amides is 1. The van der Waals surface area contributed by atoms with Crippen molar-refractivity contribution in [1.29, 1.82) is 0 Å². The summed E-state index contributed by atoms with van der Waals surface area (Å²) in [4.78, 5) is 23.5. The van der Waals surface area contributed by atoms with Gasteiger partial charge < -0.3 is 15.0 Å². The van der Waals surface area contributed by atoms with E-state index < -0.39 is 0 Å². The molecule has 0 fully saturated rings. The first kappa shape index (κ1) is 9.98. The van der Waals surface area contributed by atoms with E-state index in [-0.39, 0.29) is 19.0 Å². The van der Waals surface area contributed by atoms with Crippen LogP contribution in [0.5, 0.6) is 0 Å². The third-order valence-corrected chi connectivity index (χ3v) is 2.44. The van der Waals surface area contributed by atoms with Crippen LogP contribution in [0.3, 0.4) is 0 Å². The molecule has 1 aliphatic rings. The van der Waals surface area contributed by atoms with Crippen LogP contribution in [0.15, 0.2) is 18.2 Å². The van der Waals surface area contributed by atoms with E-state index in [2.05, 4.69) is 5.32 Å². The summed E-state index contributed by atoms with van der Waals surface area (Å²) in [5.41, 5.74) is 1.48. The summed E-state index contributed by atoms with van der Waals surface area (Å²) in [6.45, 7) is 0.412. The number of nitrogens with one attached hydrogen (secondary N) is 1. The van der Waals surface area contributed by atoms with E-state index >= 15 is 0 Å². The minimum absolute atomic E-state index is 0.133. The molecule has 1 aromatic carbocycles. The van der Waals surface area contributed by atoms with Crippen molar-refractivity contribution in [2.45, 2.75) is 0 Å². The third-order valence-electron chi connectivity index (χ3n) is 2.20. The summed E-state index contributed by atoms with van der Waals surface area (Å²) < 4.78 is 0. The van der Waals surface area contributed by atoms with Gasteiger partial charge in [-0.15, -0.1) is 0 Å². The van der Waals surface area contributed by atoms with Gasteiger partial charge in [0.1, 0.15) is 6.29 Å². The van der Waals surface area contributed by atoms with Gasteiger partial charge in [-0.05, 0) is 18.2 Å². The lowest BCUT2D eigenvalue weighted by molar-refractivity contribution is -0.115. The van der Waals surface area contributed by atoms with E-state index in [9.17, 15) is 9.59 Å². The van der Waals surface area contributed by atoms with E-state index in [4.69, 9.17) is 11.6 Å². The zero-order chi connectivity index (χ0) is 10.8. The molecule has 0 spiro atoms. The second kappa shape index (κ2) is 3.90. The van der Waals surface area contributed by atoms with Gasteiger partial charge in [-0.1, -0.05) is 11.6 Å². The molecule has 0 saturated heterocycles. The highest BCUT2D eigenvalue weighted by molar-refractivity contribution is 6.31. The predicted molar refractivity (Wildman–Crippen MR) is 58.4 cm³/mol. The van der Waals surface area contributed by atoms with E-state index in [0.29, 0.717) is 10.7 Å². The Morgan fingerprint density at radius 1 is 1.53 bits per heavy atom. The van der Waals surface area contributed by atoms with Crippen LogP contribution in [0.4, 0.5) is 11.4 Å². The highest BCUT2D eigenvalue weighted by Crippen LogP contribution is 2.31. The number of benzene rings is 1. The maximum Gasteiger partial charge on any atom is 0.243 e. The monoisotopic (exact) mass is 224 g/mol. The fourth-order valence-corrected chi connectivity index (χ4v) is 1.76. The van der Waals surface area contributed by atoms with E-state index in [1.165, 1.54) is 0 Å². The molecule has 78 valence electrons. The second-order valence-corrected chi connectivity index (χ2v) is 3.69. The van der Waals surface area contributed by atoms with Crippen molar-refractivity contribution in [3.05, 3.63) is 23.2 Å². The van der Waals surface area contributed by atoms with E-state index in [1.54, 1.807) is 23.1 Å². The number of carbonyl (C=O) groups is 2. The lowest BCUT2D eigenvalue weighted by Gasteiger charge is -2.29. The fourth-order valence-electron chi connectivity index (χ4n) is 1.59. The number of fused-ring (bicyclic) bond motifs is 1. The summed E-state index contributed by atoms with van der Waals surface area (Å²) >= 11 is 5.81. The number of halogens is 1. The molecule has 4 nitrogen and oxygen atoms in total. The Kier molecular flexibility index (Phi) is 2.60. The van der Waals surface area contributed by atoms with Crippen molar-refractivity contribution in [3.8, 4) is 0 Å². The van der Waals surface area contributed by atoms with Crippen LogP contribution in [0.25, 0.3) is 0 Å². The maximum atomic E-state index is 11.3. The Morgan fingerprint density at radius 3 is 3.07 bits per heavy atom. The molecule has 0 atom stereocenters. The summed E-state index contributed by atoms with van der Waals surface area (Å²) in [5, 5.41) is 3.27. The SMILES string of the molecule is O=CCN1CC(=O)Nc2cc(Cl)ccc21. The zero-order valence-corrected chi connectivity index (χ0v) is 8.62. The van der Waals surface area contributed by atoms with E-state index in [1.807, 2.05) is 0 Å².